The molecule has 0 aliphatic carbocycles. The Balaban J connectivity index is 3.17. The fraction of sp³-hybridized carbons (Fsp3) is 0.417. The fourth-order valence-corrected chi connectivity index (χ4v) is 1.48. The molecule has 5 nitrogen and oxygen atoms in total. The molecule has 1 aromatic rings. The number of rotatable bonds is 5. The summed E-state index contributed by atoms with van der Waals surface area (Å²) in [5.41, 5.74) is 1.10. The lowest BCUT2D eigenvalue weighted by Crippen LogP contribution is -2.11. The Hall–Kier alpha value is -1.91. The van der Waals surface area contributed by atoms with Gasteiger partial charge in [0.05, 0.1) is 12.4 Å². The van der Waals surface area contributed by atoms with E-state index in [0.29, 0.717) is 17.0 Å². The van der Waals surface area contributed by atoms with Crippen LogP contribution in [-0.2, 0) is 0 Å². The molecule has 5 heteroatoms. The maximum absolute atomic E-state index is 11.8. The normalized spacial score (nSPS) is 10.2. The van der Waals surface area contributed by atoms with Crippen molar-refractivity contribution in [2.75, 3.05) is 19.2 Å². The second-order valence-corrected chi connectivity index (χ2v) is 4.01. The fourth-order valence-electron chi connectivity index (χ4n) is 1.48. The van der Waals surface area contributed by atoms with Crippen LogP contribution in [0.5, 0.6) is 5.75 Å². The van der Waals surface area contributed by atoms with E-state index in [-0.39, 0.29) is 11.7 Å². The number of hydrogen-bond donors (Lipinski definition) is 0. The summed E-state index contributed by atoms with van der Waals surface area (Å²) in [7, 11) is 3.01. The molecule has 0 radical (unpaired) electrons. The van der Waals surface area contributed by atoms with E-state index < -0.39 is 0 Å². The van der Waals surface area contributed by atoms with Crippen LogP contribution in [0.1, 0.15) is 24.2 Å². The number of benzene rings is 1. The van der Waals surface area contributed by atoms with Crippen LogP contribution in [0, 0.1) is 10.8 Å². The number of nitrogens with zero attached hydrogens (tertiary/aromatic N) is 2. The first-order valence-electron chi connectivity index (χ1n) is 5.30. The molecule has 0 saturated carbocycles. The number of methoxy groups -OCH3 is 1. The van der Waals surface area contributed by atoms with Crippen molar-refractivity contribution in [1.82, 2.24) is 0 Å². The quantitative estimate of drug-likeness (QED) is 0.448. The zero-order valence-corrected chi connectivity index (χ0v) is 10.4. The number of Topliss-reactive ketones (excluding diaryl/α,β-unsaturated/α-hetero) is 1. The van der Waals surface area contributed by atoms with Crippen molar-refractivity contribution in [3.05, 3.63) is 28.7 Å². The second-order valence-electron chi connectivity index (χ2n) is 4.01. The van der Waals surface area contributed by atoms with Gasteiger partial charge in [0, 0.05) is 18.5 Å². The summed E-state index contributed by atoms with van der Waals surface area (Å²) in [6, 6.07) is 4.94. The molecular formula is C12H16N2O3. The Morgan fingerprint density at radius 1 is 1.41 bits per heavy atom. The van der Waals surface area contributed by atoms with Crippen molar-refractivity contribution >= 4 is 11.5 Å². The van der Waals surface area contributed by atoms with E-state index in [4.69, 9.17) is 4.74 Å². The summed E-state index contributed by atoms with van der Waals surface area (Å²) >= 11 is 0. The molecule has 1 aromatic carbocycles. The summed E-state index contributed by atoms with van der Waals surface area (Å²) < 4.78 is 5.15. The van der Waals surface area contributed by atoms with E-state index in [9.17, 15) is 9.70 Å². The van der Waals surface area contributed by atoms with Gasteiger partial charge in [0.2, 0.25) is 0 Å². The van der Waals surface area contributed by atoms with Gasteiger partial charge in [-0.05, 0) is 18.2 Å². The molecule has 0 aromatic heterocycles. The van der Waals surface area contributed by atoms with Crippen LogP contribution in [0.15, 0.2) is 23.5 Å². The maximum atomic E-state index is 11.8. The summed E-state index contributed by atoms with van der Waals surface area (Å²) in [6.07, 6.45) is 0. The van der Waals surface area contributed by atoms with Gasteiger partial charge in [0.1, 0.15) is 11.4 Å². The first kappa shape index (κ1) is 13.2. The van der Waals surface area contributed by atoms with Gasteiger partial charge in [0.25, 0.3) is 0 Å². The van der Waals surface area contributed by atoms with Crippen molar-refractivity contribution in [1.29, 1.82) is 0 Å². The van der Waals surface area contributed by atoms with Crippen LogP contribution in [0.4, 0.5) is 5.69 Å². The van der Waals surface area contributed by atoms with E-state index >= 15 is 0 Å². The largest absolute Gasteiger partial charge is 0.494 e. The van der Waals surface area contributed by atoms with Gasteiger partial charge in [-0.2, -0.15) is 0 Å². The first-order chi connectivity index (χ1) is 8.01. The molecule has 0 fully saturated rings. The maximum Gasteiger partial charge on any atom is 0.165 e. The van der Waals surface area contributed by atoms with E-state index in [1.54, 1.807) is 18.2 Å². The standard InChI is InChI=1S/C12H16N2O3/c1-8(2)12(15)9-5-6-10(14(3)13-16)11(7-9)17-4/h5-8H,1-4H3. The van der Waals surface area contributed by atoms with Crippen LogP contribution in [0.25, 0.3) is 0 Å². The highest BCUT2D eigenvalue weighted by Gasteiger charge is 2.15. The molecule has 1 rings (SSSR count). The molecule has 0 aliphatic rings. The molecule has 0 unspecified atom stereocenters. The van der Waals surface area contributed by atoms with E-state index in [1.165, 1.54) is 14.2 Å². The first-order valence-corrected chi connectivity index (χ1v) is 5.30. The van der Waals surface area contributed by atoms with Crippen molar-refractivity contribution in [2.45, 2.75) is 13.8 Å². The summed E-state index contributed by atoms with van der Waals surface area (Å²) in [6.45, 7) is 3.67. The smallest absolute Gasteiger partial charge is 0.165 e. The minimum absolute atomic E-state index is 0.0385. The molecule has 92 valence electrons. The number of anilines is 1. The predicted molar refractivity (Wildman–Crippen MR) is 66.4 cm³/mol. The lowest BCUT2D eigenvalue weighted by molar-refractivity contribution is 0.0939. The average molecular weight is 236 g/mol. The summed E-state index contributed by atoms with van der Waals surface area (Å²) in [5, 5.41) is 3.95. The highest BCUT2D eigenvalue weighted by atomic mass is 16.5. The highest BCUT2D eigenvalue weighted by molar-refractivity contribution is 5.98. The number of hydrogen-bond acceptors (Lipinski definition) is 4. The zero-order valence-electron chi connectivity index (χ0n) is 10.4. The average Bonchev–Trinajstić information content (AvgIpc) is 2.35. The lowest BCUT2D eigenvalue weighted by Gasteiger charge is -2.14. The van der Waals surface area contributed by atoms with Crippen molar-refractivity contribution < 1.29 is 9.53 Å². The Labute approximate surface area is 100 Å². The molecular weight excluding hydrogens is 220 g/mol. The van der Waals surface area contributed by atoms with Crippen LogP contribution in [-0.4, -0.2) is 19.9 Å². The molecule has 0 saturated heterocycles. The van der Waals surface area contributed by atoms with Gasteiger partial charge in [-0.25, -0.2) is 5.01 Å². The topological polar surface area (TPSA) is 59.0 Å². The molecule has 17 heavy (non-hydrogen) atoms. The van der Waals surface area contributed by atoms with E-state index in [0.717, 1.165) is 5.01 Å². The monoisotopic (exact) mass is 236 g/mol. The number of carbonyl (C=O) groups excluding carboxylic acids is 1. The second kappa shape index (κ2) is 5.43. The third kappa shape index (κ3) is 2.81. The summed E-state index contributed by atoms with van der Waals surface area (Å²) in [4.78, 5) is 22.3. The number of nitroso groups, excluding NO2 is 1. The molecule has 0 spiro atoms. The number of ether oxygens (including phenoxy) is 1. The van der Waals surface area contributed by atoms with Crippen LogP contribution in [0.3, 0.4) is 0 Å². The lowest BCUT2D eigenvalue weighted by atomic mass is 10.0. The summed E-state index contributed by atoms with van der Waals surface area (Å²) in [5.74, 6) is 0.419. The Morgan fingerprint density at radius 3 is 2.53 bits per heavy atom. The van der Waals surface area contributed by atoms with Gasteiger partial charge in [-0.1, -0.05) is 13.8 Å². The number of ketones is 1. The molecule has 0 bridgehead atoms. The Kier molecular flexibility index (Phi) is 4.20. The van der Waals surface area contributed by atoms with E-state index in [2.05, 4.69) is 5.29 Å². The van der Waals surface area contributed by atoms with Gasteiger partial charge < -0.3 is 4.74 Å². The highest BCUT2D eigenvalue weighted by Crippen LogP contribution is 2.29. The van der Waals surface area contributed by atoms with Crippen molar-refractivity contribution in [3.8, 4) is 5.75 Å². The van der Waals surface area contributed by atoms with Crippen LogP contribution < -0.4 is 9.75 Å². The van der Waals surface area contributed by atoms with E-state index in [1.807, 2.05) is 13.8 Å². The SMILES string of the molecule is COc1cc(C(=O)C(C)C)ccc1N(C)N=O. The van der Waals surface area contributed by atoms with Gasteiger partial charge in [-0.3, -0.25) is 4.79 Å². The molecule has 0 N–H and O–H groups in total. The van der Waals surface area contributed by atoms with Crippen LogP contribution >= 0.6 is 0 Å². The van der Waals surface area contributed by atoms with Crippen LogP contribution in [0.2, 0.25) is 0 Å². The molecule has 0 amide bonds. The van der Waals surface area contributed by atoms with Crippen molar-refractivity contribution in [3.63, 3.8) is 0 Å². The van der Waals surface area contributed by atoms with Crippen molar-refractivity contribution in [2.24, 2.45) is 11.2 Å². The van der Waals surface area contributed by atoms with Gasteiger partial charge in [0.15, 0.2) is 5.78 Å². The van der Waals surface area contributed by atoms with Gasteiger partial charge >= 0.3 is 0 Å². The third-order valence-electron chi connectivity index (χ3n) is 2.46. The Morgan fingerprint density at radius 2 is 2.06 bits per heavy atom. The molecule has 0 heterocycles. The minimum Gasteiger partial charge on any atom is -0.494 e. The predicted octanol–water partition coefficient (Wildman–Crippen LogP) is 2.65. The molecule has 0 atom stereocenters. The zero-order chi connectivity index (χ0) is 13.0. The number of carbonyl (C=O) groups is 1. The Bertz CT molecular complexity index is 430. The third-order valence-corrected chi connectivity index (χ3v) is 2.46. The minimum atomic E-state index is -0.0764. The molecule has 0 aliphatic heterocycles. The van der Waals surface area contributed by atoms with Gasteiger partial charge in [-0.15, -0.1) is 4.91 Å².